The summed E-state index contributed by atoms with van der Waals surface area (Å²) in [5.74, 6) is -0.314. The fraction of sp³-hybridized carbons (Fsp3) is 0.467. The molecule has 0 N–H and O–H groups in total. The lowest BCUT2D eigenvalue weighted by molar-refractivity contribution is -0.137. The fourth-order valence-electron chi connectivity index (χ4n) is 2.44. The van der Waals surface area contributed by atoms with Crippen LogP contribution in [0.5, 0.6) is 0 Å². The van der Waals surface area contributed by atoms with Gasteiger partial charge in [-0.25, -0.2) is 4.79 Å². The number of rotatable bonds is 4. The van der Waals surface area contributed by atoms with Crippen LogP contribution in [-0.4, -0.2) is 36.1 Å². The first-order chi connectivity index (χ1) is 9.20. The lowest BCUT2D eigenvalue weighted by Crippen LogP contribution is -2.17. The molecule has 0 radical (unpaired) electrons. The van der Waals surface area contributed by atoms with Crippen LogP contribution in [0, 0.1) is 0 Å². The van der Waals surface area contributed by atoms with Gasteiger partial charge in [0.15, 0.2) is 0 Å². The van der Waals surface area contributed by atoms with Crippen molar-refractivity contribution in [3.63, 3.8) is 0 Å². The van der Waals surface area contributed by atoms with Crippen LogP contribution in [0.2, 0.25) is 0 Å². The first-order valence-corrected chi connectivity index (χ1v) is 6.70. The van der Waals surface area contributed by atoms with Crippen molar-refractivity contribution in [2.45, 2.75) is 25.8 Å². The maximum absolute atomic E-state index is 11.3. The summed E-state index contributed by atoms with van der Waals surface area (Å²) < 4.78 is 4.86. The second-order valence-corrected chi connectivity index (χ2v) is 4.78. The van der Waals surface area contributed by atoms with Gasteiger partial charge in [-0.15, -0.1) is 0 Å². The molecule has 1 aromatic rings. The molecule has 1 unspecified atom stereocenters. The van der Waals surface area contributed by atoms with Gasteiger partial charge in [-0.2, -0.15) is 0 Å². The van der Waals surface area contributed by atoms with Gasteiger partial charge in [0.25, 0.3) is 0 Å². The van der Waals surface area contributed by atoms with Crippen LogP contribution in [0.1, 0.15) is 36.9 Å². The zero-order valence-electron chi connectivity index (χ0n) is 11.5. The van der Waals surface area contributed by atoms with Crippen molar-refractivity contribution in [1.29, 1.82) is 0 Å². The predicted octanol–water partition coefficient (Wildman–Crippen LogP) is 2.42. The van der Waals surface area contributed by atoms with Crippen LogP contribution >= 0.6 is 0 Å². The van der Waals surface area contributed by atoms with Crippen molar-refractivity contribution in [2.75, 3.05) is 20.2 Å². The van der Waals surface area contributed by atoms with Gasteiger partial charge in [0.1, 0.15) is 0 Å². The van der Waals surface area contributed by atoms with E-state index in [0.29, 0.717) is 12.6 Å². The highest BCUT2D eigenvalue weighted by atomic mass is 16.5. The van der Waals surface area contributed by atoms with E-state index in [1.165, 1.54) is 24.5 Å². The Bertz CT molecular complexity index is 471. The molecule has 0 aromatic carbocycles. The first-order valence-electron chi connectivity index (χ1n) is 6.70. The summed E-state index contributed by atoms with van der Waals surface area (Å²) >= 11 is 0. The molecule has 0 saturated carbocycles. The average molecular weight is 260 g/mol. The van der Waals surface area contributed by atoms with Gasteiger partial charge in [-0.05, 0) is 56.6 Å². The van der Waals surface area contributed by atoms with Gasteiger partial charge in [0, 0.05) is 24.5 Å². The summed E-state index contributed by atoms with van der Waals surface area (Å²) in [6.45, 7) is 3.33. The van der Waals surface area contributed by atoms with Gasteiger partial charge >= 0.3 is 5.97 Å². The molecular formula is C15H20N2O2. The molecule has 1 aliphatic heterocycles. The van der Waals surface area contributed by atoms with E-state index in [0.717, 1.165) is 12.1 Å². The van der Waals surface area contributed by atoms with Crippen molar-refractivity contribution in [2.24, 2.45) is 0 Å². The first kappa shape index (κ1) is 13.7. The topological polar surface area (TPSA) is 42.4 Å². The van der Waals surface area contributed by atoms with Gasteiger partial charge in [0.2, 0.25) is 0 Å². The van der Waals surface area contributed by atoms with Crippen molar-refractivity contribution in [3.05, 3.63) is 35.7 Å². The summed E-state index contributed by atoms with van der Waals surface area (Å²) in [4.78, 5) is 17.9. The molecule has 0 spiro atoms. The molecule has 0 bridgehead atoms. The number of ether oxygens (including phenoxy) is 1. The molecule has 0 amide bonds. The highest BCUT2D eigenvalue weighted by Gasteiger charge is 2.22. The van der Waals surface area contributed by atoms with Crippen molar-refractivity contribution >= 4 is 12.0 Å². The molecule has 1 aromatic heterocycles. The molecular weight excluding hydrogens is 240 g/mol. The molecule has 2 heterocycles. The SMILES string of the molecule is CCOC(=O)C=Cc1cncc(C2CCCN2C)c1. The van der Waals surface area contributed by atoms with E-state index < -0.39 is 0 Å². The monoisotopic (exact) mass is 260 g/mol. The largest absolute Gasteiger partial charge is 0.463 e. The third kappa shape index (κ3) is 3.64. The number of aromatic nitrogens is 1. The van der Waals surface area contributed by atoms with Crippen LogP contribution in [-0.2, 0) is 9.53 Å². The van der Waals surface area contributed by atoms with Crippen LogP contribution in [0.4, 0.5) is 0 Å². The Morgan fingerprint density at radius 3 is 3.11 bits per heavy atom. The van der Waals surface area contributed by atoms with E-state index in [2.05, 4.69) is 23.0 Å². The number of pyridine rings is 1. The van der Waals surface area contributed by atoms with E-state index in [4.69, 9.17) is 4.74 Å². The fourth-order valence-corrected chi connectivity index (χ4v) is 2.44. The second-order valence-electron chi connectivity index (χ2n) is 4.78. The average Bonchev–Trinajstić information content (AvgIpc) is 2.83. The summed E-state index contributed by atoms with van der Waals surface area (Å²) in [7, 11) is 2.14. The third-order valence-electron chi connectivity index (χ3n) is 3.38. The number of hydrogen-bond donors (Lipinski definition) is 0. The van der Waals surface area contributed by atoms with Crippen LogP contribution < -0.4 is 0 Å². The van der Waals surface area contributed by atoms with E-state index in [1.54, 1.807) is 19.2 Å². The molecule has 102 valence electrons. The van der Waals surface area contributed by atoms with Crippen molar-refractivity contribution in [1.82, 2.24) is 9.88 Å². The molecule has 1 fully saturated rings. The number of esters is 1. The zero-order valence-corrected chi connectivity index (χ0v) is 11.5. The number of carbonyl (C=O) groups excluding carboxylic acids is 1. The second kappa shape index (κ2) is 6.48. The standard InChI is InChI=1S/C15H20N2O2/c1-3-19-15(18)7-6-12-9-13(11-16-10-12)14-5-4-8-17(14)2/h6-7,9-11,14H,3-5,8H2,1-2H3. The maximum Gasteiger partial charge on any atom is 0.330 e. The Morgan fingerprint density at radius 2 is 2.42 bits per heavy atom. The summed E-state index contributed by atoms with van der Waals surface area (Å²) in [6, 6.07) is 2.54. The number of carbonyl (C=O) groups is 1. The molecule has 4 heteroatoms. The van der Waals surface area contributed by atoms with Gasteiger partial charge in [-0.1, -0.05) is 0 Å². The van der Waals surface area contributed by atoms with E-state index >= 15 is 0 Å². The van der Waals surface area contributed by atoms with E-state index in [1.807, 2.05) is 6.20 Å². The highest BCUT2D eigenvalue weighted by molar-refractivity contribution is 5.86. The van der Waals surface area contributed by atoms with Crippen molar-refractivity contribution in [3.8, 4) is 0 Å². The Labute approximate surface area is 114 Å². The molecule has 19 heavy (non-hydrogen) atoms. The van der Waals surface area contributed by atoms with Gasteiger partial charge in [-0.3, -0.25) is 9.88 Å². The Kier molecular flexibility index (Phi) is 4.68. The van der Waals surface area contributed by atoms with Crippen LogP contribution in [0.3, 0.4) is 0 Å². The Hall–Kier alpha value is -1.68. The predicted molar refractivity (Wildman–Crippen MR) is 74.5 cm³/mol. The number of nitrogens with zero attached hydrogens (tertiary/aromatic N) is 2. The van der Waals surface area contributed by atoms with E-state index in [9.17, 15) is 4.79 Å². The molecule has 0 aliphatic carbocycles. The van der Waals surface area contributed by atoms with E-state index in [-0.39, 0.29) is 5.97 Å². The molecule has 2 rings (SSSR count). The highest BCUT2D eigenvalue weighted by Crippen LogP contribution is 2.30. The summed E-state index contributed by atoms with van der Waals surface area (Å²) in [5, 5.41) is 0. The lowest BCUT2D eigenvalue weighted by Gasteiger charge is -2.19. The van der Waals surface area contributed by atoms with Crippen LogP contribution in [0.15, 0.2) is 24.5 Å². The minimum atomic E-state index is -0.314. The van der Waals surface area contributed by atoms with Crippen LogP contribution in [0.25, 0.3) is 6.08 Å². The van der Waals surface area contributed by atoms with Crippen molar-refractivity contribution < 1.29 is 9.53 Å². The van der Waals surface area contributed by atoms with Gasteiger partial charge < -0.3 is 4.74 Å². The minimum absolute atomic E-state index is 0.314. The van der Waals surface area contributed by atoms with Gasteiger partial charge in [0.05, 0.1) is 6.61 Å². The minimum Gasteiger partial charge on any atom is -0.463 e. The molecule has 4 nitrogen and oxygen atoms in total. The Balaban J connectivity index is 2.09. The maximum atomic E-state index is 11.3. The normalized spacial score (nSPS) is 20.0. The lowest BCUT2D eigenvalue weighted by atomic mass is 10.1. The molecule has 1 atom stereocenters. The Morgan fingerprint density at radius 1 is 1.58 bits per heavy atom. The molecule has 1 aliphatic rings. The smallest absolute Gasteiger partial charge is 0.330 e. The quantitative estimate of drug-likeness (QED) is 0.616. The summed E-state index contributed by atoms with van der Waals surface area (Å²) in [5.41, 5.74) is 2.15. The number of likely N-dealkylation sites (tertiary alicyclic amines) is 1. The zero-order chi connectivity index (χ0) is 13.7. The number of hydrogen-bond acceptors (Lipinski definition) is 4. The molecule has 1 saturated heterocycles. The summed E-state index contributed by atoms with van der Waals surface area (Å²) in [6.07, 6.45) is 9.27. The third-order valence-corrected chi connectivity index (χ3v) is 3.38.